The highest BCUT2D eigenvalue weighted by atomic mass is 16.6. The molecule has 74 valence electrons. The summed E-state index contributed by atoms with van der Waals surface area (Å²) in [4.78, 5) is 12.1. The molecule has 0 aromatic carbocycles. The van der Waals surface area contributed by atoms with Gasteiger partial charge in [0.15, 0.2) is 11.4 Å². The zero-order valence-corrected chi connectivity index (χ0v) is 7.86. The molecule has 0 amide bonds. The van der Waals surface area contributed by atoms with Crippen LogP contribution >= 0.6 is 0 Å². The Hall–Kier alpha value is -0.670. The molecule has 5 aliphatic rings. The zero-order chi connectivity index (χ0) is 9.39. The summed E-state index contributed by atoms with van der Waals surface area (Å²) in [5, 5.41) is 0. The summed E-state index contributed by atoms with van der Waals surface area (Å²) in [6.07, 6.45) is 5.24. The maximum Gasteiger partial charge on any atom is 0.174 e. The normalized spacial score (nSPS) is 58.1. The molecular weight excluding hydrogens is 180 g/mol. The summed E-state index contributed by atoms with van der Waals surface area (Å²) >= 11 is 0. The molecule has 0 aromatic rings. The number of epoxide rings is 1. The topological polar surface area (TPSA) is 38.8 Å². The van der Waals surface area contributed by atoms with Crippen LogP contribution in [0.15, 0.2) is 12.2 Å². The van der Waals surface area contributed by atoms with Crippen molar-refractivity contribution in [2.24, 2.45) is 17.3 Å². The van der Waals surface area contributed by atoms with Crippen molar-refractivity contribution in [3.05, 3.63) is 12.2 Å². The number of rotatable bonds is 0. The number of hydrogen-bond donors (Lipinski definition) is 0. The summed E-state index contributed by atoms with van der Waals surface area (Å²) in [7, 11) is 0. The molecule has 3 heteroatoms. The molecule has 0 unspecified atom stereocenters. The van der Waals surface area contributed by atoms with Crippen molar-refractivity contribution < 1.29 is 14.3 Å². The Morgan fingerprint density at radius 2 is 2.29 bits per heavy atom. The van der Waals surface area contributed by atoms with Crippen molar-refractivity contribution in [1.82, 2.24) is 0 Å². The first-order valence-corrected chi connectivity index (χ1v) is 5.24. The van der Waals surface area contributed by atoms with Gasteiger partial charge in [0.2, 0.25) is 0 Å². The Bertz CT molecular complexity index is 356. The summed E-state index contributed by atoms with van der Waals surface area (Å²) in [6, 6.07) is 0. The fourth-order valence-corrected chi connectivity index (χ4v) is 3.56. The summed E-state index contributed by atoms with van der Waals surface area (Å²) < 4.78 is 11.1. The third-order valence-electron chi connectivity index (χ3n) is 4.47. The minimum atomic E-state index is -0.466. The van der Waals surface area contributed by atoms with Gasteiger partial charge in [-0.05, 0) is 12.3 Å². The maximum atomic E-state index is 12.1. The first kappa shape index (κ1) is 7.60. The number of ketones is 1. The van der Waals surface area contributed by atoms with Crippen molar-refractivity contribution in [3.63, 3.8) is 0 Å². The Morgan fingerprint density at radius 1 is 1.43 bits per heavy atom. The van der Waals surface area contributed by atoms with Crippen LogP contribution < -0.4 is 0 Å². The molecule has 2 spiro atoms. The van der Waals surface area contributed by atoms with Crippen LogP contribution in [0.25, 0.3) is 0 Å². The fraction of sp³-hybridized carbons (Fsp3) is 0.727. The number of ether oxygens (including phenoxy) is 2. The summed E-state index contributed by atoms with van der Waals surface area (Å²) in [5.74, 6) is 0.922. The van der Waals surface area contributed by atoms with E-state index in [1.807, 2.05) is 0 Å². The van der Waals surface area contributed by atoms with Crippen LogP contribution in [0.5, 0.6) is 0 Å². The van der Waals surface area contributed by atoms with Gasteiger partial charge in [-0.1, -0.05) is 12.2 Å². The number of Topliss-reactive ketones (excluding diaryl/α,β-unsaturated/α-hetero) is 1. The Labute approximate surface area is 82.1 Å². The minimum absolute atomic E-state index is 0.0984. The van der Waals surface area contributed by atoms with Gasteiger partial charge in [0.05, 0.1) is 25.2 Å². The molecule has 1 saturated carbocycles. The molecule has 2 bridgehead atoms. The largest absolute Gasteiger partial charge is 0.380 e. The van der Waals surface area contributed by atoms with Crippen molar-refractivity contribution in [1.29, 1.82) is 0 Å². The van der Waals surface area contributed by atoms with E-state index >= 15 is 0 Å². The quantitative estimate of drug-likeness (QED) is 0.415. The van der Waals surface area contributed by atoms with E-state index in [0.29, 0.717) is 24.9 Å². The molecule has 3 aliphatic carbocycles. The average Bonchev–Trinajstić information content (AvgIpc) is 2.88. The molecule has 3 nitrogen and oxygen atoms in total. The molecular formula is C11H12O3. The van der Waals surface area contributed by atoms with Crippen LogP contribution in [-0.2, 0) is 14.3 Å². The molecule has 2 aliphatic heterocycles. The van der Waals surface area contributed by atoms with Crippen molar-refractivity contribution >= 4 is 5.78 Å². The highest BCUT2D eigenvalue weighted by Gasteiger charge is 2.74. The van der Waals surface area contributed by atoms with Gasteiger partial charge < -0.3 is 9.47 Å². The minimum Gasteiger partial charge on any atom is -0.380 e. The van der Waals surface area contributed by atoms with E-state index in [1.54, 1.807) is 0 Å². The monoisotopic (exact) mass is 192 g/mol. The van der Waals surface area contributed by atoms with E-state index < -0.39 is 5.60 Å². The second-order valence-electron chi connectivity index (χ2n) is 4.93. The fourth-order valence-electron chi connectivity index (χ4n) is 3.56. The number of carbonyl (C=O) groups excluding carboxylic acids is 1. The molecule has 3 fully saturated rings. The molecule has 14 heavy (non-hydrogen) atoms. The van der Waals surface area contributed by atoms with Gasteiger partial charge in [-0.2, -0.15) is 0 Å². The van der Waals surface area contributed by atoms with E-state index in [-0.39, 0.29) is 11.3 Å². The van der Waals surface area contributed by atoms with Gasteiger partial charge in [-0.3, -0.25) is 4.79 Å². The van der Waals surface area contributed by atoms with Gasteiger partial charge in [-0.25, -0.2) is 0 Å². The van der Waals surface area contributed by atoms with Crippen molar-refractivity contribution in [3.8, 4) is 0 Å². The lowest BCUT2D eigenvalue weighted by molar-refractivity contribution is -0.137. The molecule has 4 atom stereocenters. The standard InChI is InChI=1S/C11H12O3/c12-9-7-1-2-10(11(9)6-14-11)5-13-4-8(10)3-7/h1-2,7-8H,3-6H2/t7-,8+,10-,11+/m0/s1. The van der Waals surface area contributed by atoms with Gasteiger partial charge in [0, 0.05) is 5.92 Å². The first-order valence-electron chi connectivity index (χ1n) is 5.24. The van der Waals surface area contributed by atoms with Crippen LogP contribution in [0, 0.1) is 17.3 Å². The van der Waals surface area contributed by atoms with Gasteiger partial charge in [-0.15, -0.1) is 0 Å². The van der Waals surface area contributed by atoms with Crippen molar-refractivity contribution in [2.75, 3.05) is 19.8 Å². The lowest BCUT2D eigenvalue weighted by Gasteiger charge is -2.46. The van der Waals surface area contributed by atoms with Crippen molar-refractivity contribution in [2.45, 2.75) is 12.0 Å². The van der Waals surface area contributed by atoms with Gasteiger partial charge >= 0.3 is 0 Å². The second kappa shape index (κ2) is 1.97. The van der Waals surface area contributed by atoms with Gasteiger partial charge in [0.25, 0.3) is 0 Å². The molecule has 5 rings (SSSR count). The number of hydrogen-bond acceptors (Lipinski definition) is 3. The first-order chi connectivity index (χ1) is 6.79. The molecule has 0 N–H and O–H groups in total. The van der Waals surface area contributed by atoms with Crippen LogP contribution in [0.1, 0.15) is 6.42 Å². The number of carbonyl (C=O) groups is 1. The summed E-state index contributed by atoms with van der Waals surface area (Å²) in [5.41, 5.74) is -0.565. The predicted molar refractivity (Wildman–Crippen MR) is 47.7 cm³/mol. The van der Waals surface area contributed by atoms with Crippen LogP contribution in [-0.4, -0.2) is 31.2 Å². The number of allylic oxidation sites excluding steroid dienone is 1. The third-order valence-corrected chi connectivity index (χ3v) is 4.47. The zero-order valence-electron chi connectivity index (χ0n) is 7.86. The van der Waals surface area contributed by atoms with Crippen LogP contribution in [0.2, 0.25) is 0 Å². The lowest BCUT2D eigenvalue weighted by atomic mass is 9.54. The molecule has 2 heterocycles. The SMILES string of the molecule is O=C1[C@H]2C=C[C@@]3(COC[C@H]3C2)[C@@]12CO2. The van der Waals surface area contributed by atoms with E-state index in [2.05, 4.69) is 12.2 Å². The predicted octanol–water partition coefficient (Wildman–Crippen LogP) is 0.547. The third kappa shape index (κ3) is 0.563. The van der Waals surface area contributed by atoms with E-state index in [1.165, 1.54) is 0 Å². The smallest absolute Gasteiger partial charge is 0.174 e. The summed E-state index contributed by atoms with van der Waals surface area (Å²) in [6.45, 7) is 2.10. The lowest BCUT2D eigenvalue weighted by Crippen LogP contribution is -2.57. The highest BCUT2D eigenvalue weighted by molar-refractivity contribution is 5.97. The van der Waals surface area contributed by atoms with Crippen LogP contribution in [0.4, 0.5) is 0 Å². The Morgan fingerprint density at radius 3 is 3.07 bits per heavy atom. The Kier molecular flexibility index (Phi) is 1.07. The Balaban J connectivity index is 1.96. The van der Waals surface area contributed by atoms with E-state index in [9.17, 15) is 4.79 Å². The molecule has 0 radical (unpaired) electrons. The molecule has 2 saturated heterocycles. The second-order valence-corrected chi connectivity index (χ2v) is 4.93. The molecule has 0 aromatic heterocycles. The van der Waals surface area contributed by atoms with Crippen LogP contribution in [0.3, 0.4) is 0 Å². The highest BCUT2D eigenvalue weighted by Crippen LogP contribution is 2.62. The average molecular weight is 192 g/mol. The maximum absolute atomic E-state index is 12.1. The van der Waals surface area contributed by atoms with E-state index in [0.717, 1.165) is 13.0 Å². The van der Waals surface area contributed by atoms with Gasteiger partial charge in [0.1, 0.15) is 0 Å². The van der Waals surface area contributed by atoms with E-state index in [4.69, 9.17) is 9.47 Å².